The Bertz CT molecular complexity index is 915. The second-order valence-corrected chi connectivity index (χ2v) is 8.34. The standard InChI is InChI=1S/C13H14N2O5S2/c1-21(16,17)20-9-11-12-6-4-8-15(12)22(18,19)13-7-3-2-5-10(13)14-11/h2-8,11,14H,9H2,1H3. The van der Waals surface area contributed by atoms with Crippen molar-refractivity contribution < 1.29 is 21.0 Å². The van der Waals surface area contributed by atoms with Gasteiger partial charge in [0.1, 0.15) is 4.90 Å². The number of hydrogen-bond donors (Lipinski definition) is 1. The summed E-state index contributed by atoms with van der Waals surface area (Å²) in [6, 6.07) is 9.07. The highest BCUT2D eigenvalue weighted by atomic mass is 32.2. The van der Waals surface area contributed by atoms with Crippen molar-refractivity contribution in [2.75, 3.05) is 18.2 Å². The highest BCUT2D eigenvalue weighted by Gasteiger charge is 2.31. The molecule has 9 heteroatoms. The largest absolute Gasteiger partial charge is 0.373 e. The third kappa shape index (κ3) is 2.62. The minimum atomic E-state index is -3.73. The Hall–Kier alpha value is -1.84. The molecule has 1 aromatic heterocycles. The van der Waals surface area contributed by atoms with Crippen LogP contribution in [0.5, 0.6) is 0 Å². The zero-order chi connectivity index (χ0) is 16.0. The Kier molecular flexibility index (Phi) is 3.50. The molecule has 3 rings (SSSR count). The first-order chi connectivity index (χ1) is 10.3. The predicted molar refractivity (Wildman–Crippen MR) is 80.6 cm³/mol. The van der Waals surface area contributed by atoms with Crippen molar-refractivity contribution in [1.29, 1.82) is 0 Å². The van der Waals surface area contributed by atoms with E-state index in [9.17, 15) is 16.8 Å². The fourth-order valence-corrected chi connectivity index (χ4v) is 4.31. The number of hydrogen-bond acceptors (Lipinski definition) is 6. The van der Waals surface area contributed by atoms with Gasteiger partial charge in [0, 0.05) is 6.20 Å². The molecule has 22 heavy (non-hydrogen) atoms. The molecule has 1 aliphatic heterocycles. The molecule has 1 aliphatic rings. The fraction of sp³-hybridized carbons (Fsp3) is 0.231. The van der Waals surface area contributed by atoms with E-state index in [1.54, 1.807) is 30.3 Å². The van der Waals surface area contributed by atoms with Gasteiger partial charge < -0.3 is 5.32 Å². The molecule has 7 nitrogen and oxygen atoms in total. The van der Waals surface area contributed by atoms with Crippen LogP contribution in [0.15, 0.2) is 47.5 Å². The number of para-hydroxylation sites is 1. The quantitative estimate of drug-likeness (QED) is 0.842. The van der Waals surface area contributed by atoms with Gasteiger partial charge in [0.2, 0.25) is 0 Å². The van der Waals surface area contributed by atoms with E-state index in [0.29, 0.717) is 11.4 Å². The minimum Gasteiger partial charge on any atom is -0.373 e. The molecule has 1 atom stereocenters. The smallest absolute Gasteiger partial charge is 0.269 e. The number of anilines is 1. The second-order valence-electron chi connectivity index (χ2n) is 4.92. The van der Waals surface area contributed by atoms with Crippen LogP contribution in [0.2, 0.25) is 0 Å². The van der Waals surface area contributed by atoms with Crippen molar-refractivity contribution in [3.05, 3.63) is 48.3 Å². The summed E-state index contributed by atoms with van der Waals surface area (Å²) in [5.74, 6) is 0. The molecule has 0 spiro atoms. The van der Waals surface area contributed by atoms with Gasteiger partial charge >= 0.3 is 0 Å². The van der Waals surface area contributed by atoms with Crippen LogP contribution in [0.25, 0.3) is 0 Å². The van der Waals surface area contributed by atoms with E-state index < -0.39 is 26.2 Å². The monoisotopic (exact) mass is 342 g/mol. The lowest BCUT2D eigenvalue weighted by atomic mass is 10.2. The molecule has 1 aromatic carbocycles. The average molecular weight is 342 g/mol. The van der Waals surface area contributed by atoms with E-state index in [4.69, 9.17) is 4.18 Å². The average Bonchev–Trinajstić information content (AvgIpc) is 2.90. The Morgan fingerprint density at radius 3 is 2.68 bits per heavy atom. The van der Waals surface area contributed by atoms with Gasteiger partial charge in [0.25, 0.3) is 20.1 Å². The SMILES string of the molecule is CS(=O)(=O)OCC1Nc2ccccc2S(=O)(=O)n2cccc21. The third-order valence-electron chi connectivity index (χ3n) is 3.30. The molecule has 0 radical (unpaired) electrons. The Morgan fingerprint density at radius 1 is 1.23 bits per heavy atom. The van der Waals surface area contributed by atoms with Crippen molar-refractivity contribution in [2.45, 2.75) is 10.9 Å². The van der Waals surface area contributed by atoms with Crippen molar-refractivity contribution in [3.63, 3.8) is 0 Å². The molecule has 0 bridgehead atoms. The molecule has 2 aromatic rings. The second kappa shape index (κ2) is 5.11. The molecule has 0 amide bonds. The van der Waals surface area contributed by atoms with Gasteiger partial charge in [-0.25, -0.2) is 12.4 Å². The van der Waals surface area contributed by atoms with E-state index in [0.717, 1.165) is 10.2 Å². The Morgan fingerprint density at radius 2 is 1.95 bits per heavy atom. The van der Waals surface area contributed by atoms with Gasteiger partial charge in [-0.2, -0.15) is 8.42 Å². The normalized spacial score (nSPS) is 19.6. The maximum absolute atomic E-state index is 12.7. The Labute approximate surface area is 128 Å². The van der Waals surface area contributed by atoms with E-state index >= 15 is 0 Å². The van der Waals surface area contributed by atoms with Gasteiger partial charge in [-0.05, 0) is 24.3 Å². The molecule has 0 fully saturated rings. The number of rotatable bonds is 3. The van der Waals surface area contributed by atoms with E-state index in [1.165, 1.54) is 12.3 Å². The topological polar surface area (TPSA) is 94.5 Å². The molecule has 2 heterocycles. The lowest BCUT2D eigenvalue weighted by Crippen LogP contribution is -2.21. The summed E-state index contributed by atoms with van der Waals surface area (Å²) in [6.07, 6.45) is 2.38. The summed E-state index contributed by atoms with van der Waals surface area (Å²) in [5.41, 5.74) is 0.827. The van der Waals surface area contributed by atoms with Crippen LogP contribution in [-0.2, 0) is 24.3 Å². The highest BCUT2D eigenvalue weighted by Crippen LogP contribution is 2.33. The number of fused-ring (bicyclic) bond motifs is 2. The van der Waals surface area contributed by atoms with E-state index in [-0.39, 0.29) is 11.5 Å². The molecular weight excluding hydrogens is 328 g/mol. The first-order valence-corrected chi connectivity index (χ1v) is 9.67. The van der Waals surface area contributed by atoms with Crippen molar-refractivity contribution in [3.8, 4) is 0 Å². The number of nitrogens with one attached hydrogen (secondary N) is 1. The first-order valence-electron chi connectivity index (χ1n) is 6.42. The van der Waals surface area contributed by atoms with E-state index in [1.807, 2.05) is 0 Å². The summed E-state index contributed by atoms with van der Waals surface area (Å²) in [4.78, 5) is 0.134. The lowest BCUT2D eigenvalue weighted by Gasteiger charge is -2.17. The fourth-order valence-electron chi connectivity index (χ4n) is 2.37. The molecule has 0 saturated carbocycles. The van der Waals surface area contributed by atoms with Gasteiger partial charge in [-0.1, -0.05) is 12.1 Å². The zero-order valence-electron chi connectivity index (χ0n) is 11.6. The van der Waals surface area contributed by atoms with E-state index in [2.05, 4.69) is 5.32 Å². The van der Waals surface area contributed by atoms with Gasteiger partial charge in [-0.15, -0.1) is 0 Å². The van der Waals surface area contributed by atoms with Crippen molar-refractivity contribution >= 4 is 25.8 Å². The van der Waals surface area contributed by atoms with Crippen LogP contribution in [-0.4, -0.2) is 33.7 Å². The first kappa shape index (κ1) is 15.1. The lowest BCUT2D eigenvalue weighted by molar-refractivity contribution is 0.302. The maximum atomic E-state index is 12.7. The van der Waals surface area contributed by atoms with Crippen LogP contribution in [0.1, 0.15) is 11.7 Å². The number of aromatic nitrogens is 1. The summed E-state index contributed by atoms with van der Waals surface area (Å²) in [6.45, 7) is -0.202. The van der Waals surface area contributed by atoms with Crippen LogP contribution in [0.3, 0.4) is 0 Å². The molecule has 0 aliphatic carbocycles. The number of benzene rings is 1. The highest BCUT2D eigenvalue weighted by molar-refractivity contribution is 7.90. The van der Waals surface area contributed by atoms with Gasteiger partial charge in [0.05, 0.1) is 30.3 Å². The third-order valence-corrected chi connectivity index (χ3v) is 5.63. The Balaban J connectivity index is 2.12. The summed E-state index contributed by atoms with van der Waals surface area (Å²) < 4.78 is 53.8. The maximum Gasteiger partial charge on any atom is 0.269 e. The summed E-state index contributed by atoms with van der Waals surface area (Å²) >= 11 is 0. The van der Waals surface area contributed by atoms with Gasteiger partial charge in [-0.3, -0.25) is 4.18 Å². The molecule has 1 unspecified atom stereocenters. The van der Waals surface area contributed by atoms with Crippen LogP contribution in [0, 0.1) is 0 Å². The molecule has 1 N–H and O–H groups in total. The van der Waals surface area contributed by atoms with Crippen LogP contribution >= 0.6 is 0 Å². The van der Waals surface area contributed by atoms with Crippen molar-refractivity contribution in [1.82, 2.24) is 3.97 Å². The van der Waals surface area contributed by atoms with Crippen LogP contribution < -0.4 is 5.32 Å². The molecule has 118 valence electrons. The minimum absolute atomic E-state index is 0.134. The molecular formula is C13H14N2O5S2. The van der Waals surface area contributed by atoms with Crippen LogP contribution in [0.4, 0.5) is 5.69 Å². The van der Waals surface area contributed by atoms with Crippen molar-refractivity contribution in [2.24, 2.45) is 0 Å². The number of nitrogens with zero attached hydrogens (tertiary/aromatic N) is 1. The summed E-state index contributed by atoms with van der Waals surface area (Å²) in [5, 5.41) is 3.04. The van der Waals surface area contributed by atoms with Gasteiger partial charge in [0.15, 0.2) is 0 Å². The zero-order valence-corrected chi connectivity index (χ0v) is 13.3. The predicted octanol–water partition coefficient (Wildman–Crippen LogP) is 1.17. The molecule has 0 saturated heterocycles. The summed E-state index contributed by atoms with van der Waals surface area (Å²) in [7, 11) is -7.36.